The Hall–Kier alpha value is -3.68. The Balaban J connectivity index is 1.58. The maximum atomic E-state index is 5.78. The number of nitrogen functional groups attached to an aromatic ring is 1. The molecule has 0 atom stereocenters. The van der Waals surface area contributed by atoms with E-state index in [0.717, 1.165) is 16.9 Å². The Morgan fingerprint density at radius 1 is 1.19 bits per heavy atom. The normalized spacial score (nSPS) is 11.8. The molecule has 1 aromatic heterocycles. The molecule has 8 nitrogen and oxygen atoms in total. The van der Waals surface area contributed by atoms with Crippen LogP contribution in [0.4, 0.5) is 5.82 Å². The van der Waals surface area contributed by atoms with Crippen molar-refractivity contribution in [1.82, 2.24) is 10.3 Å². The lowest BCUT2D eigenvalue weighted by atomic mass is 10.1. The highest BCUT2D eigenvalue weighted by Gasteiger charge is 2.09. The molecule has 0 spiro atoms. The van der Waals surface area contributed by atoms with Crippen molar-refractivity contribution in [1.29, 1.82) is 0 Å². The number of amidine groups is 1. The lowest BCUT2D eigenvalue weighted by molar-refractivity contribution is 0.306. The molecule has 8 heteroatoms. The van der Waals surface area contributed by atoms with Gasteiger partial charge in [-0.3, -0.25) is 0 Å². The highest BCUT2D eigenvalue weighted by molar-refractivity contribution is 5.99. The lowest BCUT2D eigenvalue weighted by Crippen LogP contribution is -2.15. The van der Waals surface area contributed by atoms with Crippen molar-refractivity contribution in [3.05, 3.63) is 70.9 Å². The van der Waals surface area contributed by atoms with Gasteiger partial charge in [0.25, 0.3) is 0 Å². The first-order chi connectivity index (χ1) is 12.6. The highest BCUT2D eigenvalue weighted by Crippen LogP contribution is 2.14. The van der Waals surface area contributed by atoms with Crippen LogP contribution in [0.1, 0.15) is 22.4 Å². The molecule has 0 aliphatic rings. The van der Waals surface area contributed by atoms with Crippen LogP contribution < -0.4 is 16.2 Å². The number of nitrogens with zero attached hydrogens (tertiary/aromatic N) is 4. The van der Waals surface area contributed by atoms with Crippen LogP contribution in [0.2, 0.25) is 0 Å². The number of ether oxygens (including phenoxy) is 1. The summed E-state index contributed by atoms with van der Waals surface area (Å²) in [6, 6.07) is 15.7. The van der Waals surface area contributed by atoms with Gasteiger partial charge in [-0.2, -0.15) is 5.10 Å². The van der Waals surface area contributed by atoms with Gasteiger partial charge in [-0.05, 0) is 52.6 Å². The van der Waals surface area contributed by atoms with Crippen molar-refractivity contribution in [2.24, 2.45) is 15.9 Å². The first-order valence-corrected chi connectivity index (χ1v) is 7.85. The Morgan fingerprint density at radius 3 is 2.69 bits per heavy atom. The topological polar surface area (TPSA) is 125 Å². The van der Waals surface area contributed by atoms with Crippen molar-refractivity contribution in [3.8, 4) is 5.75 Å². The minimum atomic E-state index is 0.0260. The molecule has 1 heterocycles. The van der Waals surface area contributed by atoms with Gasteiger partial charge >= 0.3 is 0 Å². The largest absolute Gasteiger partial charge is 0.489 e. The number of rotatable bonds is 6. The molecule has 0 aliphatic heterocycles. The molecule has 0 aliphatic carbocycles. The van der Waals surface area contributed by atoms with Crippen LogP contribution in [0.15, 0.2) is 63.4 Å². The highest BCUT2D eigenvalue weighted by atomic mass is 16.6. The molecule has 132 valence electrons. The van der Waals surface area contributed by atoms with E-state index in [1.165, 1.54) is 5.56 Å². The van der Waals surface area contributed by atoms with Crippen molar-refractivity contribution >= 4 is 17.9 Å². The van der Waals surface area contributed by atoms with Crippen LogP contribution in [0.5, 0.6) is 5.75 Å². The average Bonchev–Trinajstić information content (AvgIpc) is 3.07. The molecule has 0 amide bonds. The summed E-state index contributed by atoms with van der Waals surface area (Å²) in [5, 5.41) is 14.7. The zero-order valence-corrected chi connectivity index (χ0v) is 14.2. The predicted octanol–water partition coefficient (Wildman–Crippen LogP) is 2.28. The molecule has 0 bridgehead atoms. The molecule has 3 rings (SSSR count). The molecular weight excluding hydrogens is 332 g/mol. The van der Waals surface area contributed by atoms with Crippen LogP contribution in [-0.2, 0) is 6.61 Å². The van der Waals surface area contributed by atoms with E-state index in [4.69, 9.17) is 16.2 Å². The molecule has 4 N–H and O–H groups in total. The predicted molar refractivity (Wildman–Crippen MR) is 99.0 cm³/mol. The molecule has 0 unspecified atom stereocenters. The maximum Gasteiger partial charge on any atom is 0.199 e. The molecule has 0 radical (unpaired) electrons. The third kappa shape index (κ3) is 4.44. The Morgan fingerprint density at radius 2 is 2.00 bits per heavy atom. The number of hydrogen-bond acceptors (Lipinski definition) is 7. The Kier molecular flexibility index (Phi) is 5.23. The molecular formula is C18H18N6O2. The SMILES string of the molecule is Cc1cccc(COc2ccc(/C=N/N=C(\N)c3nonc3N)cc2)c1. The third-order valence-corrected chi connectivity index (χ3v) is 3.50. The molecule has 0 saturated heterocycles. The van der Waals surface area contributed by atoms with Gasteiger partial charge < -0.3 is 16.2 Å². The summed E-state index contributed by atoms with van der Waals surface area (Å²) in [6.07, 6.45) is 1.56. The standard InChI is InChI=1S/C18H18N6O2/c1-12-3-2-4-14(9-12)11-25-15-7-5-13(6-8-15)10-21-22-17(19)16-18(20)24-26-23-16/h2-10H,11H2,1H3,(H2,19,22)(H2,20,24)/b21-10+. The zero-order valence-electron chi connectivity index (χ0n) is 14.2. The van der Waals surface area contributed by atoms with E-state index >= 15 is 0 Å². The van der Waals surface area contributed by atoms with Crippen molar-refractivity contribution in [3.63, 3.8) is 0 Å². The van der Waals surface area contributed by atoms with E-state index in [9.17, 15) is 0 Å². The Labute approximate surface area is 150 Å². The van der Waals surface area contributed by atoms with Gasteiger partial charge in [-0.1, -0.05) is 29.8 Å². The summed E-state index contributed by atoms with van der Waals surface area (Å²) in [7, 11) is 0. The van der Waals surface area contributed by atoms with Gasteiger partial charge in [0.1, 0.15) is 12.4 Å². The second-order valence-electron chi connectivity index (χ2n) is 5.57. The molecule has 0 saturated carbocycles. The van der Waals surface area contributed by atoms with Crippen LogP contribution in [0, 0.1) is 6.92 Å². The summed E-state index contributed by atoms with van der Waals surface area (Å²) in [4.78, 5) is 0. The van der Waals surface area contributed by atoms with Gasteiger partial charge in [-0.25, -0.2) is 4.63 Å². The van der Waals surface area contributed by atoms with E-state index in [2.05, 4.69) is 44.2 Å². The number of aryl methyl sites for hydroxylation is 1. The third-order valence-electron chi connectivity index (χ3n) is 3.50. The van der Waals surface area contributed by atoms with Crippen molar-refractivity contribution in [2.45, 2.75) is 13.5 Å². The van der Waals surface area contributed by atoms with Gasteiger partial charge in [0.2, 0.25) is 0 Å². The van der Waals surface area contributed by atoms with Gasteiger partial charge in [0, 0.05) is 0 Å². The molecule has 26 heavy (non-hydrogen) atoms. The van der Waals surface area contributed by atoms with Gasteiger partial charge in [0.15, 0.2) is 17.3 Å². The molecule has 0 fully saturated rings. The minimum Gasteiger partial charge on any atom is -0.489 e. The fourth-order valence-electron chi connectivity index (χ4n) is 2.20. The fourth-order valence-corrected chi connectivity index (χ4v) is 2.20. The number of benzene rings is 2. The van der Waals surface area contributed by atoms with Crippen molar-refractivity contribution < 1.29 is 9.37 Å². The monoisotopic (exact) mass is 350 g/mol. The first-order valence-electron chi connectivity index (χ1n) is 7.85. The second kappa shape index (κ2) is 7.93. The fraction of sp³-hybridized carbons (Fsp3) is 0.111. The number of hydrogen-bond donors (Lipinski definition) is 2. The number of aromatic nitrogens is 2. The van der Waals surface area contributed by atoms with Crippen LogP contribution >= 0.6 is 0 Å². The summed E-state index contributed by atoms with van der Waals surface area (Å²) < 4.78 is 10.2. The number of anilines is 1. The van der Waals surface area contributed by atoms with Crippen LogP contribution in [0.3, 0.4) is 0 Å². The zero-order chi connectivity index (χ0) is 18.4. The van der Waals surface area contributed by atoms with E-state index in [0.29, 0.717) is 6.61 Å². The summed E-state index contributed by atoms with van der Waals surface area (Å²) >= 11 is 0. The summed E-state index contributed by atoms with van der Waals surface area (Å²) in [5.41, 5.74) is 14.6. The van der Waals surface area contributed by atoms with E-state index in [1.807, 2.05) is 36.4 Å². The number of nitrogens with two attached hydrogens (primary N) is 2. The molecule has 2 aromatic carbocycles. The Bertz CT molecular complexity index is 931. The minimum absolute atomic E-state index is 0.0260. The van der Waals surface area contributed by atoms with Gasteiger partial charge in [-0.15, -0.1) is 5.10 Å². The summed E-state index contributed by atoms with van der Waals surface area (Å²) in [6.45, 7) is 2.57. The lowest BCUT2D eigenvalue weighted by Gasteiger charge is -2.07. The molecule has 3 aromatic rings. The van der Waals surface area contributed by atoms with Crippen LogP contribution in [-0.4, -0.2) is 22.4 Å². The quantitative estimate of drug-likeness (QED) is 0.399. The summed E-state index contributed by atoms with van der Waals surface area (Å²) in [5.74, 6) is 0.864. The smallest absolute Gasteiger partial charge is 0.199 e. The second-order valence-corrected chi connectivity index (χ2v) is 5.57. The van der Waals surface area contributed by atoms with E-state index < -0.39 is 0 Å². The van der Waals surface area contributed by atoms with Crippen molar-refractivity contribution in [2.75, 3.05) is 5.73 Å². The average molecular weight is 350 g/mol. The first kappa shape index (κ1) is 17.2. The maximum absolute atomic E-state index is 5.78. The van der Waals surface area contributed by atoms with E-state index in [1.54, 1.807) is 6.21 Å². The van der Waals surface area contributed by atoms with E-state index in [-0.39, 0.29) is 17.3 Å². The van der Waals surface area contributed by atoms with Gasteiger partial charge in [0.05, 0.1) is 6.21 Å². The van der Waals surface area contributed by atoms with Crippen LogP contribution in [0.25, 0.3) is 0 Å².